The molecule has 0 spiro atoms. The molecule has 1 saturated heterocycles. The van der Waals surface area contributed by atoms with E-state index in [1.807, 2.05) is 0 Å². The van der Waals surface area contributed by atoms with Gasteiger partial charge < -0.3 is 19.8 Å². The Kier molecular flexibility index (Phi) is 8.28. The number of aryl methyl sites for hydroxylation is 1. The molecule has 3 rings (SSSR count). The molecule has 1 aromatic carbocycles. The Balaban J connectivity index is 2.09. The molecular weight excluding hydrogens is 513 g/mol. The Morgan fingerprint density at radius 2 is 1.92 bits per heavy atom. The van der Waals surface area contributed by atoms with E-state index in [0.29, 0.717) is 5.69 Å². The summed E-state index contributed by atoms with van der Waals surface area (Å²) >= 11 is 0. The van der Waals surface area contributed by atoms with E-state index in [1.165, 1.54) is 6.92 Å². The number of methoxy groups -OCH3 is 1. The summed E-state index contributed by atoms with van der Waals surface area (Å²) in [6.45, 7) is 5.34. The van der Waals surface area contributed by atoms with Gasteiger partial charge in [0.1, 0.15) is 6.10 Å². The molecule has 5 atom stereocenters. The van der Waals surface area contributed by atoms with Gasteiger partial charge in [0.25, 0.3) is 0 Å². The Morgan fingerprint density at radius 1 is 1.29 bits per heavy atom. The third-order valence-electron chi connectivity index (χ3n) is 7.58. The van der Waals surface area contributed by atoms with Gasteiger partial charge in [-0.1, -0.05) is 13.0 Å². The topological polar surface area (TPSA) is 83.7 Å². The first-order chi connectivity index (χ1) is 17.5. The third kappa shape index (κ3) is 5.15. The van der Waals surface area contributed by atoms with Crippen molar-refractivity contribution in [1.82, 2.24) is 15.2 Å². The van der Waals surface area contributed by atoms with E-state index >= 15 is 0 Å². The summed E-state index contributed by atoms with van der Waals surface area (Å²) in [5.41, 5.74) is -2.65. The van der Waals surface area contributed by atoms with Crippen LogP contribution in [-0.2, 0) is 16.1 Å². The van der Waals surface area contributed by atoms with Crippen molar-refractivity contribution in [3.8, 4) is 5.75 Å². The highest BCUT2D eigenvalue weighted by Crippen LogP contribution is 2.59. The number of carbonyl (C=O) groups excluding carboxylic acids is 1. The molecule has 2 heterocycles. The van der Waals surface area contributed by atoms with Gasteiger partial charge in [-0.2, -0.15) is 17.6 Å². The number of ether oxygens (including phenoxy) is 2. The smallest absolute Gasteiger partial charge is 0.417 e. The first-order valence-corrected chi connectivity index (χ1v) is 12.0. The summed E-state index contributed by atoms with van der Waals surface area (Å²) in [5, 5.41) is 2.68. The average molecular weight is 546 g/mol. The average Bonchev–Trinajstić information content (AvgIpc) is 3.11. The highest BCUT2D eigenvalue weighted by Gasteiger charge is 2.65. The van der Waals surface area contributed by atoms with Crippen LogP contribution in [0, 0.1) is 24.5 Å². The van der Waals surface area contributed by atoms with E-state index in [4.69, 9.17) is 9.47 Å². The number of pyridine rings is 1. The SMILES string of the molecule is COc1c([C@H]2[C@H](c3cc(=O)c(CNC(=O)[C@H](C)N(C)C)c(C)[nH]3)O[C@@](C)(C(F)(F)F)[C@H]2C)ccc(F)c1F. The van der Waals surface area contributed by atoms with E-state index < -0.39 is 58.6 Å². The number of rotatable bonds is 7. The fraction of sp³-hybridized carbons (Fsp3) is 0.538. The molecule has 1 amide bonds. The molecule has 1 aliphatic rings. The number of alkyl halides is 3. The largest absolute Gasteiger partial charge is 0.493 e. The maximum atomic E-state index is 14.6. The molecular formula is C26H32F5N3O4. The first kappa shape index (κ1) is 29.6. The third-order valence-corrected chi connectivity index (χ3v) is 7.58. The minimum absolute atomic E-state index is 0.0237. The number of aromatic nitrogens is 1. The number of hydrogen-bond acceptors (Lipinski definition) is 5. The van der Waals surface area contributed by atoms with Gasteiger partial charge in [0.05, 0.1) is 13.2 Å². The molecule has 12 heteroatoms. The summed E-state index contributed by atoms with van der Waals surface area (Å²) in [4.78, 5) is 30.0. The van der Waals surface area contributed by atoms with Crippen molar-refractivity contribution < 1.29 is 36.2 Å². The lowest BCUT2D eigenvalue weighted by molar-refractivity contribution is -0.275. The van der Waals surface area contributed by atoms with Crippen LogP contribution in [0.25, 0.3) is 0 Å². The van der Waals surface area contributed by atoms with E-state index in [0.717, 1.165) is 32.2 Å². The van der Waals surface area contributed by atoms with Gasteiger partial charge in [-0.3, -0.25) is 14.5 Å². The highest BCUT2D eigenvalue weighted by molar-refractivity contribution is 5.81. The summed E-state index contributed by atoms with van der Waals surface area (Å²) < 4.78 is 81.8. The van der Waals surface area contributed by atoms with Crippen LogP contribution in [0.4, 0.5) is 22.0 Å². The molecule has 0 bridgehead atoms. The summed E-state index contributed by atoms with van der Waals surface area (Å²) in [6, 6.07) is 2.64. The quantitative estimate of drug-likeness (QED) is 0.506. The first-order valence-electron chi connectivity index (χ1n) is 12.0. The molecule has 1 fully saturated rings. The molecule has 2 aromatic rings. The molecule has 0 aliphatic carbocycles. The molecule has 7 nitrogen and oxygen atoms in total. The number of halogens is 5. The summed E-state index contributed by atoms with van der Waals surface area (Å²) in [6.07, 6.45) is -6.19. The van der Waals surface area contributed by atoms with Gasteiger partial charge in [-0.15, -0.1) is 0 Å². The lowest BCUT2D eigenvalue weighted by Crippen LogP contribution is -2.46. The van der Waals surface area contributed by atoms with Crippen molar-refractivity contribution in [2.75, 3.05) is 21.2 Å². The predicted octanol–water partition coefficient (Wildman–Crippen LogP) is 4.35. The maximum absolute atomic E-state index is 14.6. The van der Waals surface area contributed by atoms with Crippen molar-refractivity contribution in [2.24, 2.45) is 5.92 Å². The number of nitrogens with one attached hydrogen (secondary N) is 2. The van der Waals surface area contributed by atoms with Crippen molar-refractivity contribution in [2.45, 2.75) is 64.1 Å². The molecule has 1 aliphatic heterocycles. The molecule has 2 N–H and O–H groups in total. The minimum Gasteiger partial charge on any atom is -0.493 e. The van der Waals surface area contributed by atoms with Gasteiger partial charge in [-0.05, 0) is 40.9 Å². The standard InChI is InChI=1S/C26H32F5N3O4/c1-12-20(15-8-9-17(27)21(28)22(15)37-7)23(38-25(12,4)26(29,30)31)18-10-19(35)16(13(2)33-18)11-32-24(36)14(3)34(5)6/h8-10,12,14,20,23H,11H2,1-7H3,(H,32,36)(H,33,35)/t12-,14-,20-,23-,25+/m0/s1. The zero-order valence-electron chi connectivity index (χ0n) is 22.2. The summed E-state index contributed by atoms with van der Waals surface area (Å²) in [5.74, 6) is -5.83. The zero-order chi connectivity index (χ0) is 28.7. The van der Waals surface area contributed by atoms with Gasteiger partial charge in [0.15, 0.2) is 22.6 Å². The number of carbonyl (C=O) groups is 1. The van der Waals surface area contributed by atoms with E-state index in [9.17, 15) is 31.5 Å². The number of hydrogen-bond donors (Lipinski definition) is 2. The van der Waals surface area contributed by atoms with Crippen LogP contribution in [0.3, 0.4) is 0 Å². The second-order valence-corrected chi connectivity index (χ2v) is 9.99. The Morgan fingerprint density at radius 3 is 2.45 bits per heavy atom. The lowest BCUT2D eigenvalue weighted by Gasteiger charge is -2.32. The number of nitrogens with zero attached hydrogens (tertiary/aromatic N) is 1. The van der Waals surface area contributed by atoms with Gasteiger partial charge in [0.2, 0.25) is 11.7 Å². The predicted molar refractivity (Wildman–Crippen MR) is 130 cm³/mol. The number of amides is 1. The second-order valence-electron chi connectivity index (χ2n) is 9.99. The molecule has 0 saturated carbocycles. The molecule has 0 radical (unpaired) electrons. The van der Waals surface area contributed by atoms with Crippen LogP contribution >= 0.6 is 0 Å². The van der Waals surface area contributed by atoms with Crippen LogP contribution in [-0.4, -0.2) is 54.8 Å². The monoisotopic (exact) mass is 545 g/mol. The number of H-pyrrole nitrogens is 1. The van der Waals surface area contributed by atoms with Crippen LogP contribution < -0.4 is 15.5 Å². The van der Waals surface area contributed by atoms with Crippen LogP contribution in [0.1, 0.15) is 55.3 Å². The maximum Gasteiger partial charge on any atom is 0.417 e. The number of aromatic amines is 1. The molecule has 1 aromatic heterocycles. The van der Waals surface area contributed by atoms with E-state index in [1.54, 1.807) is 32.8 Å². The normalized spacial score (nSPS) is 24.5. The van der Waals surface area contributed by atoms with Crippen LogP contribution in [0.15, 0.2) is 23.0 Å². The lowest BCUT2D eigenvalue weighted by atomic mass is 9.76. The number of likely N-dealkylation sites (N-methyl/N-ethyl adjacent to an activating group) is 1. The highest BCUT2D eigenvalue weighted by atomic mass is 19.4. The zero-order valence-corrected chi connectivity index (χ0v) is 22.2. The molecule has 38 heavy (non-hydrogen) atoms. The van der Waals surface area contributed by atoms with Crippen LogP contribution in [0.5, 0.6) is 5.75 Å². The van der Waals surface area contributed by atoms with E-state index in [-0.39, 0.29) is 29.3 Å². The Bertz CT molecular complexity index is 1260. The van der Waals surface area contributed by atoms with E-state index in [2.05, 4.69) is 10.3 Å². The van der Waals surface area contributed by atoms with Crippen molar-refractivity contribution in [3.05, 3.63) is 62.6 Å². The molecule has 210 valence electrons. The van der Waals surface area contributed by atoms with Crippen molar-refractivity contribution in [3.63, 3.8) is 0 Å². The fourth-order valence-electron chi connectivity index (χ4n) is 4.75. The second kappa shape index (κ2) is 10.6. The minimum atomic E-state index is -4.81. The Labute approximate surface area is 217 Å². The molecule has 0 unspecified atom stereocenters. The van der Waals surface area contributed by atoms with Gasteiger partial charge in [0, 0.05) is 47.0 Å². The van der Waals surface area contributed by atoms with Gasteiger partial charge >= 0.3 is 6.18 Å². The fourth-order valence-corrected chi connectivity index (χ4v) is 4.75. The van der Waals surface area contributed by atoms with Crippen molar-refractivity contribution in [1.29, 1.82) is 0 Å². The Hall–Kier alpha value is -2.99. The summed E-state index contributed by atoms with van der Waals surface area (Å²) in [7, 11) is 4.55. The number of benzene rings is 1. The van der Waals surface area contributed by atoms with Gasteiger partial charge in [-0.25, -0.2) is 4.39 Å². The van der Waals surface area contributed by atoms with Crippen molar-refractivity contribution >= 4 is 5.91 Å². The van der Waals surface area contributed by atoms with Crippen LogP contribution in [0.2, 0.25) is 0 Å².